The highest BCUT2D eigenvalue weighted by Gasteiger charge is 2.27. The third-order valence-electron chi connectivity index (χ3n) is 11.0. The van der Waals surface area contributed by atoms with Gasteiger partial charge in [-0.1, -0.05) is 156 Å². The molecule has 2 aromatic heterocycles. The van der Waals surface area contributed by atoms with Crippen molar-refractivity contribution in [1.82, 2.24) is 4.98 Å². The van der Waals surface area contributed by atoms with Gasteiger partial charge >= 0.3 is 0 Å². The summed E-state index contributed by atoms with van der Waals surface area (Å²) in [6, 6.07) is 71.4. The summed E-state index contributed by atoms with van der Waals surface area (Å²) in [6.45, 7) is 0. The second kappa shape index (κ2) is 13.3. The molecule has 0 amide bonds. The maximum absolute atomic E-state index is 6.66. The predicted octanol–water partition coefficient (Wildman–Crippen LogP) is 11.4. The summed E-state index contributed by atoms with van der Waals surface area (Å²) < 4.78 is 13.2. The van der Waals surface area contributed by atoms with Crippen molar-refractivity contribution in [2.24, 2.45) is 0 Å². The monoisotopic (exact) mass is 734 g/mol. The number of para-hydroxylation sites is 2. The van der Waals surface area contributed by atoms with Crippen LogP contribution in [0.2, 0.25) is 0 Å². The summed E-state index contributed by atoms with van der Waals surface area (Å²) in [7, 11) is -1.99. The topological polar surface area (TPSA) is 42.4 Å². The standard InChI is InChI=1S/C51H34N2O2Si/c1-4-15-36(16-5-1)51-52-42-32-30-35-28-27-34-29-31-37(33-41(34)48(35)50(42)55-51)53(44-23-14-25-46-49(44)40-21-10-12-24-45(40)54-46)43-22-11-13-26-47(43)56(38-17-6-2-7-18-38)39-19-8-3-9-20-39/h1-33,56H. The van der Waals surface area contributed by atoms with Crippen LogP contribution in [0.25, 0.3) is 66.0 Å². The van der Waals surface area contributed by atoms with Crippen LogP contribution in [0.1, 0.15) is 0 Å². The minimum Gasteiger partial charge on any atom is -0.456 e. The van der Waals surface area contributed by atoms with Crippen LogP contribution in [0.3, 0.4) is 0 Å². The molecule has 0 spiro atoms. The Morgan fingerprint density at radius 1 is 0.446 bits per heavy atom. The van der Waals surface area contributed by atoms with Gasteiger partial charge in [0.15, 0.2) is 5.58 Å². The first-order valence-electron chi connectivity index (χ1n) is 19.0. The zero-order valence-corrected chi connectivity index (χ0v) is 31.5. The van der Waals surface area contributed by atoms with E-state index in [0.717, 1.165) is 77.2 Å². The SMILES string of the molecule is c1ccc(-c2nc3ccc4ccc5ccc(N(c6ccccc6[SiH](c6ccccc6)c6ccccc6)c6cccc7oc8ccccc8c67)cc5c4c3o2)cc1. The fourth-order valence-electron chi connectivity index (χ4n) is 8.48. The summed E-state index contributed by atoms with van der Waals surface area (Å²) in [6.07, 6.45) is 0. The summed E-state index contributed by atoms with van der Waals surface area (Å²) in [5.74, 6) is 0.619. The number of anilines is 3. The zero-order valence-electron chi connectivity index (χ0n) is 30.3. The van der Waals surface area contributed by atoms with Crippen LogP contribution >= 0.6 is 0 Å². The maximum atomic E-state index is 6.66. The molecule has 0 bridgehead atoms. The van der Waals surface area contributed by atoms with Gasteiger partial charge in [0.2, 0.25) is 5.89 Å². The Balaban J connectivity index is 1.21. The molecule has 0 radical (unpaired) electrons. The van der Waals surface area contributed by atoms with E-state index in [1.54, 1.807) is 0 Å². The Bertz CT molecular complexity index is 3170. The highest BCUT2D eigenvalue weighted by Crippen LogP contribution is 2.44. The number of aromatic nitrogens is 1. The van der Waals surface area contributed by atoms with E-state index in [4.69, 9.17) is 13.8 Å². The number of hydrogen-bond donors (Lipinski definition) is 0. The summed E-state index contributed by atoms with van der Waals surface area (Å²) in [5.41, 5.74) is 7.56. The lowest BCUT2D eigenvalue weighted by molar-refractivity contribution is 0.623. The minimum atomic E-state index is -1.99. The van der Waals surface area contributed by atoms with Gasteiger partial charge in [-0.15, -0.1) is 0 Å². The Morgan fingerprint density at radius 2 is 1.07 bits per heavy atom. The van der Waals surface area contributed by atoms with E-state index in [9.17, 15) is 0 Å². The highest BCUT2D eigenvalue weighted by molar-refractivity contribution is 6.96. The summed E-state index contributed by atoms with van der Waals surface area (Å²) in [4.78, 5) is 7.41. The van der Waals surface area contributed by atoms with Gasteiger partial charge in [-0.25, -0.2) is 4.98 Å². The number of nitrogens with zero attached hydrogens (tertiary/aromatic N) is 2. The van der Waals surface area contributed by atoms with E-state index in [1.807, 2.05) is 36.4 Å². The molecule has 0 aliphatic carbocycles. The van der Waals surface area contributed by atoms with Crippen molar-refractivity contribution >= 4 is 96.0 Å². The van der Waals surface area contributed by atoms with Crippen molar-refractivity contribution in [2.75, 3.05) is 4.90 Å². The molecule has 4 nitrogen and oxygen atoms in total. The average Bonchev–Trinajstić information content (AvgIpc) is 3.88. The molecule has 2 heterocycles. The number of fused-ring (bicyclic) bond motifs is 8. The van der Waals surface area contributed by atoms with Crippen molar-refractivity contribution in [2.45, 2.75) is 0 Å². The fourth-order valence-corrected chi connectivity index (χ4v) is 11.6. The molecule has 0 aliphatic rings. The van der Waals surface area contributed by atoms with Gasteiger partial charge in [0.1, 0.15) is 25.5 Å². The normalized spacial score (nSPS) is 11.7. The second-order valence-electron chi connectivity index (χ2n) is 14.3. The molecule has 11 rings (SSSR count). The maximum Gasteiger partial charge on any atom is 0.227 e. The van der Waals surface area contributed by atoms with Crippen molar-refractivity contribution in [3.05, 3.63) is 200 Å². The van der Waals surface area contributed by atoms with Crippen LogP contribution in [0.15, 0.2) is 209 Å². The number of oxazole rings is 1. The number of rotatable bonds is 7. The fraction of sp³-hybridized carbons (Fsp3) is 0. The van der Waals surface area contributed by atoms with Crippen molar-refractivity contribution in [3.8, 4) is 11.5 Å². The minimum absolute atomic E-state index is 0.619. The zero-order chi connectivity index (χ0) is 37.0. The Kier molecular flexibility index (Phi) is 7.64. The van der Waals surface area contributed by atoms with E-state index in [1.165, 1.54) is 15.6 Å². The van der Waals surface area contributed by atoms with Gasteiger partial charge in [0.05, 0.1) is 11.1 Å². The van der Waals surface area contributed by atoms with Crippen molar-refractivity contribution in [3.63, 3.8) is 0 Å². The van der Waals surface area contributed by atoms with Crippen LogP contribution in [0.5, 0.6) is 0 Å². The van der Waals surface area contributed by atoms with Gasteiger partial charge in [-0.05, 0) is 75.9 Å². The largest absolute Gasteiger partial charge is 0.456 e. The Hall–Kier alpha value is -7.21. The van der Waals surface area contributed by atoms with E-state index < -0.39 is 8.80 Å². The molecular weight excluding hydrogens is 701 g/mol. The Morgan fingerprint density at radius 3 is 1.88 bits per heavy atom. The lowest BCUT2D eigenvalue weighted by atomic mass is 9.99. The molecule has 9 aromatic carbocycles. The Labute approximate surface area is 325 Å². The summed E-state index contributed by atoms with van der Waals surface area (Å²) >= 11 is 0. The van der Waals surface area contributed by atoms with Crippen LogP contribution < -0.4 is 20.5 Å². The molecule has 0 atom stereocenters. The van der Waals surface area contributed by atoms with Crippen LogP contribution in [-0.4, -0.2) is 13.8 Å². The molecule has 0 fully saturated rings. The lowest BCUT2D eigenvalue weighted by Gasteiger charge is -2.31. The van der Waals surface area contributed by atoms with E-state index >= 15 is 0 Å². The highest BCUT2D eigenvalue weighted by atomic mass is 28.3. The average molecular weight is 735 g/mol. The number of hydrogen-bond acceptors (Lipinski definition) is 4. The first-order chi connectivity index (χ1) is 27.8. The van der Waals surface area contributed by atoms with E-state index in [-0.39, 0.29) is 0 Å². The number of benzene rings is 9. The summed E-state index contributed by atoms with van der Waals surface area (Å²) in [5, 5.41) is 10.6. The second-order valence-corrected chi connectivity index (χ2v) is 17.1. The van der Waals surface area contributed by atoms with Crippen LogP contribution in [0.4, 0.5) is 17.1 Å². The molecular formula is C51H34N2O2Si. The predicted molar refractivity (Wildman–Crippen MR) is 235 cm³/mol. The van der Waals surface area contributed by atoms with Gasteiger partial charge < -0.3 is 13.7 Å². The van der Waals surface area contributed by atoms with Gasteiger partial charge in [0.25, 0.3) is 0 Å². The molecule has 11 aromatic rings. The molecule has 0 aliphatic heterocycles. The first-order valence-corrected chi connectivity index (χ1v) is 20.7. The third kappa shape index (κ3) is 5.32. The molecule has 264 valence electrons. The molecule has 0 N–H and O–H groups in total. The van der Waals surface area contributed by atoms with Gasteiger partial charge in [-0.3, -0.25) is 0 Å². The number of furan rings is 1. The molecule has 0 unspecified atom stereocenters. The third-order valence-corrected chi connectivity index (χ3v) is 14.2. The molecule has 5 heteroatoms. The van der Waals surface area contributed by atoms with E-state index in [0.29, 0.717) is 5.89 Å². The molecule has 56 heavy (non-hydrogen) atoms. The van der Waals surface area contributed by atoms with E-state index in [2.05, 4.69) is 169 Å². The van der Waals surface area contributed by atoms with Crippen LogP contribution in [-0.2, 0) is 0 Å². The molecule has 0 saturated heterocycles. The molecule has 0 saturated carbocycles. The lowest BCUT2D eigenvalue weighted by Crippen LogP contribution is -2.53. The smallest absolute Gasteiger partial charge is 0.227 e. The van der Waals surface area contributed by atoms with Crippen molar-refractivity contribution in [1.29, 1.82) is 0 Å². The van der Waals surface area contributed by atoms with Crippen LogP contribution in [0, 0.1) is 0 Å². The van der Waals surface area contributed by atoms with Crippen molar-refractivity contribution < 1.29 is 8.83 Å². The first kappa shape index (κ1) is 32.2. The van der Waals surface area contributed by atoms with Gasteiger partial charge in [-0.2, -0.15) is 0 Å². The van der Waals surface area contributed by atoms with Gasteiger partial charge in [0, 0.05) is 27.7 Å². The quantitative estimate of drug-likeness (QED) is 0.0929.